The van der Waals surface area contributed by atoms with Crippen LogP contribution in [0.3, 0.4) is 0 Å². The molecule has 0 amide bonds. The molecule has 5 heteroatoms. The Kier molecular flexibility index (Phi) is 6.74. The van der Waals surface area contributed by atoms with Crippen molar-refractivity contribution in [2.24, 2.45) is 5.10 Å². The molecule has 3 rings (SSSR count). The van der Waals surface area contributed by atoms with E-state index < -0.39 is 0 Å². The lowest BCUT2D eigenvalue weighted by atomic mass is 10.2. The average Bonchev–Trinajstić information content (AvgIpc) is 2.67. The van der Waals surface area contributed by atoms with Crippen LogP contribution in [0, 0.1) is 6.92 Å². The van der Waals surface area contributed by atoms with E-state index in [1.54, 1.807) is 6.21 Å². The molecule has 3 aromatic rings. The van der Waals surface area contributed by atoms with Crippen molar-refractivity contribution >= 4 is 29.4 Å². The molecular weight excluding hydrogens is 379 g/mol. The number of nitrogens with one attached hydrogen (secondary N) is 1. The van der Waals surface area contributed by atoms with Gasteiger partial charge in [0.2, 0.25) is 0 Å². The molecule has 0 aromatic heterocycles. The number of aryl methyl sites for hydroxylation is 1. The molecule has 0 radical (unpaired) electrons. The van der Waals surface area contributed by atoms with Gasteiger partial charge in [0.25, 0.3) is 0 Å². The van der Waals surface area contributed by atoms with Crippen LogP contribution in [0.15, 0.2) is 71.8 Å². The molecule has 0 bridgehead atoms. The molecule has 0 heterocycles. The summed E-state index contributed by atoms with van der Waals surface area (Å²) in [5, 5.41) is 5.48. The molecule has 0 saturated carbocycles. The van der Waals surface area contributed by atoms with Gasteiger partial charge in [-0.05, 0) is 42.3 Å². The van der Waals surface area contributed by atoms with Crippen molar-refractivity contribution < 1.29 is 4.74 Å². The minimum absolute atomic E-state index is 0.457. The van der Waals surface area contributed by atoms with Crippen LogP contribution < -0.4 is 10.2 Å². The Labute approximate surface area is 169 Å². The van der Waals surface area contributed by atoms with Crippen molar-refractivity contribution in [3.63, 3.8) is 0 Å². The first-order chi connectivity index (χ1) is 13.1. The molecule has 138 valence electrons. The zero-order valence-electron chi connectivity index (χ0n) is 15.0. The van der Waals surface area contributed by atoms with Gasteiger partial charge in [0, 0.05) is 15.6 Å². The van der Waals surface area contributed by atoms with Gasteiger partial charge >= 0.3 is 0 Å². The molecule has 3 nitrogen and oxygen atoms in total. The number of benzene rings is 3. The summed E-state index contributed by atoms with van der Waals surface area (Å²) in [6.45, 7) is 3.06. The Morgan fingerprint density at radius 2 is 1.67 bits per heavy atom. The average molecular weight is 399 g/mol. The van der Waals surface area contributed by atoms with Gasteiger partial charge in [-0.15, -0.1) is 0 Å². The number of halogens is 2. The summed E-state index contributed by atoms with van der Waals surface area (Å²) < 4.78 is 5.86. The van der Waals surface area contributed by atoms with Crippen molar-refractivity contribution in [2.75, 3.05) is 0 Å². The Hall–Kier alpha value is -2.49. The Balaban J connectivity index is 1.55. The van der Waals surface area contributed by atoms with Crippen molar-refractivity contribution in [3.8, 4) is 5.75 Å². The second-order valence-electron chi connectivity index (χ2n) is 6.14. The first kappa shape index (κ1) is 19.3. The minimum Gasteiger partial charge on any atom is -0.489 e. The third kappa shape index (κ3) is 5.75. The molecule has 0 aliphatic carbocycles. The second-order valence-corrected chi connectivity index (χ2v) is 6.95. The molecule has 3 aromatic carbocycles. The smallest absolute Gasteiger partial charge is 0.120 e. The Bertz CT molecular complexity index is 904. The summed E-state index contributed by atoms with van der Waals surface area (Å²) in [6, 6.07) is 21.5. The molecule has 0 fully saturated rings. The number of rotatable bonds is 7. The summed E-state index contributed by atoms with van der Waals surface area (Å²) in [4.78, 5) is 0. The highest BCUT2D eigenvalue weighted by molar-refractivity contribution is 6.35. The first-order valence-electron chi connectivity index (χ1n) is 8.59. The van der Waals surface area contributed by atoms with Gasteiger partial charge in [-0.2, -0.15) is 5.10 Å². The van der Waals surface area contributed by atoms with E-state index in [4.69, 9.17) is 27.9 Å². The van der Waals surface area contributed by atoms with Gasteiger partial charge in [-0.3, -0.25) is 0 Å². The van der Waals surface area contributed by atoms with E-state index in [1.165, 1.54) is 5.56 Å². The highest BCUT2D eigenvalue weighted by Crippen LogP contribution is 2.23. The predicted molar refractivity (Wildman–Crippen MR) is 113 cm³/mol. The van der Waals surface area contributed by atoms with Gasteiger partial charge in [0.15, 0.2) is 0 Å². The van der Waals surface area contributed by atoms with E-state index in [9.17, 15) is 0 Å². The van der Waals surface area contributed by atoms with Crippen LogP contribution >= 0.6 is 23.2 Å². The maximum atomic E-state index is 6.15. The van der Waals surface area contributed by atoms with Crippen molar-refractivity contribution in [3.05, 3.63) is 99.0 Å². The van der Waals surface area contributed by atoms with Crippen LogP contribution in [0.25, 0.3) is 0 Å². The molecule has 0 saturated heterocycles. The van der Waals surface area contributed by atoms with Crippen LogP contribution in [0.2, 0.25) is 10.0 Å². The molecule has 1 N–H and O–H groups in total. The van der Waals surface area contributed by atoms with E-state index in [0.717, 1.165) is 22.4 Å². The van der Waals surface area contributed by atoms with Crippen molar-refractivity contribution in [2.45, 2.75) is 20.1 Å². The fourth-order valence-electron chi connectivity index (χ4n) is 2.48. The van der Waals surface area contributed by atoms with Crippen molar-refractivity contribution in [1.29, 1.82) is 0 Å². The zero-order chi connectivity index (χ0) is 19.1. The number of hydrazone groups is 1. The molecule has 0 atom stereocenters. The van der Waals surface area contributed by atoms with Crippen molar-refractivity contribution in [1.82, 2.24) is 5.43 Å². The molecule has 0 unspecified atom stereocenters. The van der Waals surface area contributed by atoms with Gasteiger partial charge in [-0.1, -0.05) is 71.2 Å². The number of ether oxygens (including phenoxy) is 1. The highest BCUT2D eigenvalue weighted by Gasteiger charge is 2.03. The Morgan fingerprint density at radius 1 is 0.963 bits per heavy atom. The highest BCUT2D eigenvalue weighted by atomic mass is 35.5. The fraction of sp³-hybridized carbons (Fsp3) is 0.136. The number of hydrogen-bond donors (Lipinski definition) is 1. The predicted octanol–water partition coefficient (Wildman–Crippen LogP) is 6.00. The van der Waals surface area contributed by atoms with Gasteiger partial charge in [0.1, 0.15) is 12.4 Å². The summed E-state index contributed by atoms with van der Waals surface area (Å²) in [7, 11) is 0. The standard InChI is InChI=1S/C22H20Cl2N2O/c1-16-8-10-17(11-9-16)15-27-19-5-2-4-18(12-19)13-25-26-14-20-21(23)6-3-7-22(20)24/h2-13,26H,14-15H2,1H3/b25-13-. The second kappa shape index (κ2) is 9.45. The van der Waals surface area contributed by atoms with E-state index in [0.29, 0.717) is 23.2 Å². The van der Waals surface area contributed by atoms with Gasteiger partial charge in [-0.25, -0.2) is 0 Å². The SMILES string of the molecule is Cc1ccc(COc2cccc(/C=N\NCc3c(Cl)cccc3Cl)c2)cc1. The normalized spacial score (nSPS) is 10.9. The van der Waals surface area contributed by atoms with E-state index in [-0.39, 0.29) is 0 Å². The van der Waals surface area contributed by atoms with Crippen LogP contribution in [0.1, 0.15) is 22.3 Å². The summed E-state index contributed by atoms with van der Waals surface area (Å²) in [5.41, 5.74) is 7.12. The summed E-state index contributed by atoms with van der Waals surface area (Å²) in [5.74, 6) is 0.800. The quantitative estimate of drug-likeness (QED) is 0.390. The van der Waals surface area contributed by atoms with E-state index in [1.807, 2.05) is 42.5 Å². The van der Waals surface area contributed by atoms with E-state index in [2.05, 4.69) is 41.7 Å². The first-order valence-corrected chi connectivity index (χ1v) is 9.34. The van der Waals surface area contributed by atoms with Crippen LogP contribution in [-0.2, 0) is 13.2 Å². The zero-order valence-corrected chi connectivity index (χ0v) is 16.5. The monoisotopic (exact) mass is 398 g/mol. The Morgan fingerprint density at radius 3 is 2.41 bits per heavy atom. The fourth-order valence-corrected chi connectivity index (χ4v) is 3.01. The lowest BCUT2D eigenvalue weighted by Crippen LogP contribution is -2.06. The molecule has 0 aliphatic heterocycles. The number of nitrogens with zero attached hydrogens (tertiary/aromatic N) is 1. The topological polar surface area (TPSA) is 33.6 Å². The van der Waals surface area contributed by atoms with Crippen LogP contribution in [0.5, 0.6) is 5.75 Å². The molecule has 0 spiro atoms. The minimum atomic E-state index is 0.457. The van der Waals surface area contributed by atoms with E-state index >= 15 is 0 Å². The molecular formula is C22H20Cl2N2O. The maximum Gasteiger partial charge on any atom is 0.120 e. The molecule has 0 aliphatic rings. The third-order valence-electron chi connectivity index (χ3n) is 4.01. The molecule has 27 heavy (non-hydrogen) atoms. The largest absolute Gasteiger partial charge is 0.489 e. The third-order valence-corrected chi connectivity index (χ3v) is 4.71. The van der Waals surface area contributed by atoms with Gasteiger partial charge < -0.3 is 10.2 Å². The van der Waals surface area contributed by atoms with Crippen LogP contribution in [0.4, 0.5) is 0 Å². The maximum absolute atomic E-state index is 6.15. The lowest BCUT2D eigenvalue weighted by molar-refractivity contribution is 0.306. The number of hydrogen-bond acceptors (Lipinski definition) is 3. The van der Waals surface area contributed by atoms with Crippen LogP contribution in [-0.4, -0.2) is 6.21 Å². The van der Waals surface area contributed by atoms with Gasteiger partial charge in [0.05, 0.1) is 12.8 Å². The summed E-state index contributed by atoms with van der Waals surface area (Å²) in [6.07, 6.45) is 1.74. The lowest BCUT2D eigenvalue weighted by Gasteiger charge is -2.08. The summed E-state index contributed by atoms with van der Waals surface area (Å²) >= 11 is 12.3.